The third-order valence-electron chi connectivity index (χ3n) is 2.81. The number of primary sulfonamides is 1. The molecule has 0 fully saturated rings. The molecule has 1 amide bonds. The van der Waals surface area contributed by atoms with Gasteiger partial charge in [-0.1, -0.05) is 25.1 Å². The van der Waals surface area contributed by atoms with E-state index in [0.29, 0.717) is 0 Å². The number of carbonyl (C=O) groups excluding carboxylic acids is 1. The minimum Gasteiger partial charge on any atom is -0.409 e. The van der Waals surface area contributed by atoms with E-state index in [2.05, 4.69) is 10.5 Å². The molecule has 0 saturated heterocycles. The standard InChI is InChI=1S/C12H18N4O4S/c1-7(2)10(11(13)16-18)12(17)15-8-4-3-5-9(6-8)21(14,19)20/h3-7,10,18H,1-2H3,(H2,13,16)(H,15,17)(H2,14,19,20). The van der Waals surface area contributed by atoms with E-state index in [1.54, 1.807) is 13.8 Å². The van der Waals surface area contributed by atoms with Crippen molar-refractivity contribution in [2.24, 2.45) is 27.9 Å². The van der Waals surface area contributed by atoms with Crippen LogP contribution in [0.3, 0.4) is 0 Å². The SMILES string of the molecule is CC(C)C(C(=O)Nc1cccc(S(N)(=O)=O)c1)C(N)=NO. The van der Waals surface area contributed by atoms with Gasteiger partial charge in [-0.25, -0.2) is 13.6 Å². The Labute approximate surface area is 122 Å². The first-order valence-corrected chi connectivity index (χ1v) is 7.62. The van der Waals surface area contributed by atoms with Gasteiger partial charge in [0.05, 0.1) is 4.90 Å². The number of hydrogen-bond donors (Lipinski definition) is 4. The third kappa shape index (κ3) is 4.43. The Morgan fingerprint density at radius 2 is 2.00 bits per heavy atom. The van der Waals surface area contributed by atoms with Gasteiger partial charge < -0.3 is 16.3 Å². The Morgan fingerprint density at radius 3 is 2.48 bits per heavy atom. The number of nitrogens with zero attached hydrogens (tertiary/aromatic N) is 1. The molecular weight excluding hydrogens is 296 g/mol. The number of rotatable bonds is 5. The number of nitrogens with two attached hydrogens (primary N) is 2. The summed E-state index contributed by atoms with van der Waals surface area (Å²) in [4.78, 5) is 12.0. The maximum Gasteiger partial charge on any atom is 0.238 e. The molecule has 0 heterocycles. The van der Waals surface area contributed by atoms with Crippen LogP contribution in [-0.4, -0.2) is 25.4 Å². The smallest absolute Gasteiger partial charge is 0.238 e. The summed E-state index contributed by atoms with van der Waals surface area (Å²) >= 11 is 0. The lowest BCUT2D eigenvalue weighted by atomic mass is 9.94. The zero-order valence-electron chi connectivity index (χ0n) is 11.6. The fourth-order valence-electron chi connectivity index (χ4n) is 1.81. The molecule has 6 N–H and O–H groups in total. The molecule has 0 aromatic heterocycles. The monoisotopic (exact) mass is 314 g/mol. The van der Waals surface area contributed by atoms with Crippen molar-refractivity contribution in [1.29, 1.82) is 0 Å². The van der Waals surface area contributed by atoms with Gasteiger partial charge in [0.15, 0.2) is 5.84 Å². The number of anilines is 1. The number of carbonyl (C=O) groups is 1. The van der Waals surface area contributed by atoms with Crippen molar-refractivity contribution in [2.45, 2.75) is 18.7 Å². The molecule has 0 aliphatic rings. The number of oxime groups is 1. The third-order valence-corrected chi connectivity index (χ3v) is 3.72. The zero-order chi connectivity index (χ0) is 16.2. The highest BCUT2D eigenvalue weighted by Crippen LogP contribution is 2.18. The van der Waals surface area contributed by atoms with Crippen LogP contribution >= 0.6 is 0 Å². The molecule has 1 rings (SSSR count). The van der Waals surface area contributed by atoms with Crippen molar-refractivity contribution in [3.05, 3.63) is 24.3 Å². The molecule has 1 aromatic carbocycles. The predicted octanol–water partition coefficient (Wildman–Crippen LogP) is 0.291. The van der Waals surface area contributed by atoms with Crippen LogP contribution in [0.5, 0.6) is 0 Å². The minimum atomic E-state index is -3.86. The van der Waals surface area contributed by atoms with E-state index < -0.39 is 21.8 Å². The van der Waals surface area contributed by atoms with E-state index in [4.69, 9.17) is 16.1 Å². The van der Waals surface area contributed by atoms with Crippen LogP contribution in [0, 0.1) is 11.8 Å². The molecule has 9 heteroatoms. The Kier molecular flexibility index (Phi) is 5.28. The van der Waals surface area contributed by atoms with Gasteiger partial charge >= 0.3 is 0 Å². The Morgan fingerprint density at radius 1 is 1.38 bits per heavy atom. The quantitative estimate of drug-likeness (QED) is 0.267. The second kappa shape index (κ2) is 6.55. The molecule has 0 spiro atoms. The molecule has 1 atom stereocenters. The summed E-state index contributed by atoms with van der Waals surface area (Å²) < 4.78 is 22.5. The summed E-state index contributed by atoms with van der Waals surface area (Å²) in [6.45, 7) is 3.48. The highest BCUT2D eigenvalue weighted by atomic mass is 32.2. The van der Waals surface area contributed by atoms with E-state index in [1.807, 2.05) is 0 Å². The number of benzene rings is 1. The van der Waals surface area contributed by atoms with Gasteiger partial charge in [-0.15, -0.1) is 0 Å². The van der Waals surface area contributed by atoms with Crippen LogP contribution < -0.4 is 16.2 Å². The van der Waals surface area contributed by atoms with Gasteiger partial charge in [0.2, 0.25) is 15.9 Å². The van der Waals surface area contributed by atoms with E-state index in [-0.39, 0.29) is 22.3 Å². The first-order chi connectivity index (χ1) is 9.66. The zero-order valence-corrected chi connectivity index (χ0v) is 12.5. The molecular formula is C12H18N4O4S. The second-order valence-corrected chi connectivity index (χ2v) is 6.37. The fraction of sp³-hybridized carbons (Fsp3) is 0.333. The van der Waals surface area contributed by atoms with Crippen LogP contribution in [0.1, 0.15) is 13.8 Å². The summed E-state index contributed by atoms with van der Waals surface area (Å²) in [5.41, 5.74) is 5.75. The van der Waals surface area contributed by atoms with Crippen LogP contribution in [0.2, 0.25) is 0 Å². The largest absolute Gasteiger partial charge is 0.409 e. The van der Waals surface area contributed by atoms with Gasteiger partial charge in [0.1, 0.15) is 5.92 Å². The van der Waals surface area contributed by atoms with Gasteiger partial charge in [-0.3, -0.25) is 4.79 Å². The highest BCUT2D eigenvalue weighted by molar-refractivity contribution is 7.89. The van der Waals surface area contributed by atoms with Crippen molar-refractivity contribution in [3.63, 3.8) is 0 Å². The number of amidine groups is 1. The van der Waals surface area contributed by atoms with Crippen LogP contribution in [0.25, 0.3) is 0 Å². The lowest BCUT2D eigenvalue weighted by Crippen LogP contribution is -2.38. The molecule has 0 aliphatic carbocycles. The van der Waals surface area contributed by atoms with Crippen LogP contribution in [0.4, 0.5) is 5.69 Å². The molecule has 0 bridgehead atoms. The molecule has 8 nitrogen and oxygen atoms in total. The van der Waals surface area contributed by atoms with Crippen molar-refractivity contribution in [1.82, 2.24) is 0 Å². The van der Waals surface area contributed by atoms with Crippen molar-refractivity contribution in [2.75, 3.05) is 5.32 Å². The number of hydrogen-bond acceptors (Lipinski definition) is 5. The average molecular weight is 314 g/mol. The normalized spacial score (nSPS) is 14.0. The van der Waals surface area contributed by atoms with Crippen molar-refractivity contribution in [3.8, 4) is 0 Å². The van der Waals surface area contributed by atoms with E-state index in [0.717, 1.165) is 0 Å². The predicted molar refractivity (Wildman–Crippen MR) is 78.2 cm³/mol. The fourth-order valence-corrected chi connectivity index (χ4v) is 2.37. The lowest BCUT2D eigenvalue weighted by Gasteiger charge is -2.18. The molecule has 21 heavy (non-hydrogen) atoms. The first kappa shape index (κ1) is 16.9. The maximum atomic E-state index is 12.2. The summed E-state index contributed by atoms with van der Waals surface area (Å²) in [6, 6.07) is 5.50. The number of sulfonamides is 1. The molecule has 1 aromatic rings. The summed E-state index contributed by atoms with van der Waals surface area (Å²) in [5.74, 6) is -1.77. The number of nitrogens with one attached hydrogen (secondary N) is 1. The van der Waals surface area contributed by atoms with E-state index in [1.165, 1.54) is 24.3 Å². The average Bonchev–Trinajstić information content (AvgIpc) is 2.37. The van der Waals surface area contributed by atoms with Gasteiger partial charge in [-0.05, 0) is 24.1 Å². The summed E-state index contributed by atoms with van der Waals surface area (Å²) in [5, 5.41) is 19.1. The molecule has 1 unspecified atom stereocenters. The Balaban J connectivity index is 3.03. The van der Waals surface area contributed by atoms with Crippen molar-refractivity contribution < 1.29 is 18.4 Å². The first-order valence-electron chi connectivity index (χ1n) is 6.08. The molecule has 0 aliphatic heterocycles. The second-order valence-electron chi connectivity index (χ2n) is 4.81. The topological polar surface area (TPSA) is 148 Å². The Bertz CT molecular complexity index is 655. The number of amides is 1. The summed E-state index contributed by atoms with van der Waals surface area (Å²) in [6.07, 6.45) is 0. The summed E-state index contributed by atoms with van der Waals surface area (Å²) in [7, 11) is -3.86. The molecule has 116 valence electrons. The maximum absolute atomic E-state index is 12.2. The van der Waals surface area contributed by atoms with Crippen molar-refractivity contribution >= 4 is 27.5 Å². The van der Waals surface area contributed by atoms with E-state index >= 15 is 0 Å². The minimum absolute atomic E-state index is 0.120. The Hall–Kier alpha value is -2.13. The van der Waals surface area contributed by atoms with Gasteiger partial charge in [0, 0.05) is 5.69 Å². The van der Waals surface area contributed by atoms with E-state index in [9.17, 15) is 13.2 Å². The molecule has 0 saturated carbocycles. The van der Waals surface area contributed by atoms with Crippen LogP contribution in [-0.2, 0) is 14.8 Å². The molecule has 0 radical (unpaired) electrons. The van der Waals surface area contributed by atoms with Gasteiger partial charge in [-0.2, -0.15) is 0 Å². The highest BCUT2D eigenvalue weighted by Gasteiger charge is 2.27. The van der Waals surface area contributed by atoms with Crippen LogP contribution in [0.15, 0.2) is 34.3 Å². The van der Waals surface area contributed by atoms with Gasteiger partial charge in [0.25, 0.3) is 0 Å². The lowest BCUT2D eigenvalue weighted by molar-refractivity contribution is -0.119.